The minimum absolute atomic E-state index is 0.00157. The first-order valence-corrected chi connectivity index (χ1v) is 7.30. The zero-order valence-corrected chi connectivity index (χ0v) is 11.5. The Balaban J connectivity index is 1.82. The number of carbonyl (C=O) groups excluding carboxylic acids is 1. The summed E-state index contributed by atoms with van der Waals surface area (Å²) in [6.45, 7) is 2.60. The van der Waals surface area contributed by atoms with Crippen LogP contribution in [0.5, 0.6) is 0 Å². The number of thiazole rings is 1. The van der Waals surface area contributed by atoms with Crippen molar-refractivity contribution in [2.75, 3.05) is 6.54 Å². The quantitative estimate of drug-likeness (QED) is 0.860. The number of amides is 1. The number of rotatable bonds is 3. The van der Waals surface area contributed by atoms with Gasteiger partial charge in [-0.15, -0.1) is 22.9 Å². The molecule has 1 aromatic rings. The van der Waals surface area contributed by atoms with Gasteiger partial charge in [0.1, 0.15) is 4.88 Å². The molecule has 1 fully saturated rings. The molecule has 1 heterocycles. The Morgan fingerprint density at radius 3 is 3.12 bits per heavy atom. The predicted octanol–water partition coefficient (Wildman–Crippen LogP) is 2.98. The highest BCUT2D eigenvalue weighted by molar-refractivity contribution is 7.11. The summed E-state index contributed by atoms with van der Waals surface area (Å²) < 4.78 is 0. The van der Waals surface area contributed by atoms with Crippen LogP contribution in [0.3, 0.4) is 0 Å². The van der Waals surface area contributed by atoms with Gasteiger partial charge in [-0.3, -0.25) is 4.79 Å². The highest BCUT2D eigenvalue weighted by atomic mass is 35.5. The minimum atomic E-state index is 0.00157. The van der Waals surface area contributed by atoms with Crippen LogP contribution in [0.25, 0.3) is 0 Å². The van der Waals surface area contributed by atoms with Crippen molar-refractivity contribution in [3.05, 3.63) is 16.1 Å². The summed E-state index contributed by atoms with van der Waals surface area (Å²) in [5, 5.41) is 3.28. The number of aromatic nitrogens is 1. The molecule has 2 atom stereocenters. The van der Waals surface area contributed by atoms with Gasteiger partial charge in [0.25, 0.3) is 5.91 Å². The molecule has 0 saturated heterocycles. The molecule has 5 heteroatoms. The van der Waals surface area contributed by atoms with Crippen LogP contribution in [0, 0.1) is 12.8 Å². The van der Waals surface area contributed by atoms with E-state index in [1.807, 2.05) is 6.92 Å². The van der Waals surface area contributed by atoms with Gasteiger partial charge in [-0.05, 0) is 32.1 Å². The Morgan fingerprint density at radius 1 is 1.65 bits per heavy atom. The molecule has 3 nitrogen and oxygen atoms in total. The molecular weight excluding hydrogens is 256 g/mol. The molecule has 1 N–H and O–H groups in total. The predicted molar refractivity (Wildman–Crippen MR) is 70.8 cm³/mol. The van der Waals surface area contributed by atoms with E-state index in [9.17, 15) is 4.79 Å². The van der Waals surface area contributed by atoms with Crippen LogP contribution in [-0.4, -0.2) is 22.8 Å². The Hall–Kier alpha value is -0.610. The first-order valence-electron chi connectivity index (χ1n) is 5.99. The molecule has 1 saturated carbocycles. The summed E-state index contributed by atoms with van der Waals surface area (Å²) in [5.74, 6) is 0.533. The molecule has 94 valence electrons. The average molecular weight is 273 g/mol. The maximum atomic E-state index is 11.9. The zero-order valence-electron chi connectivity index (χ0n) is 9.91. The monoisotopic (exact) mass is 272 g/mol. The first-order chi connectivity index (χ1) is 8.16. The van der Waals surface area contributed by atoms with Crippen molar-refractivity contribution < 1.29 is 4.79 Å². The molecule has 0 aliphatic heterocycles. The summed E-state index contributed by atoms with van der Waals surface area (Å²) in [7, 11) is 0. The number of carbonyl (C=O) groups is 1. The summed E-state index contributed by atoms with van der Waals surface area (Å²) in [6, 6.07) is 0. The van der Waals surface area contributed by atoms with Crippen LogP contribution < -0.4 is 5.32 Å². The largest absolute Gasteiger partial charge is 0.351 e. The number of hydrogen-bond acceptors (Lipinski definition) is 3. The molecule has 0 radical (unpaired) electrons. The third-order valence-electron chi connectivity index (χ3n) is 3.22. The number of alkyl halides is 1. The Kier molecular flexibility index (Phi) is 4.40. The van der Waals surface area contributed by atoms with Crippen molar-refractivity contribution in [1.82, 2.24) is 10.3 Å². The van der Waals surface area contributed by atoms with Crippen LogP contribution in [0.4, 0.5) is 0 Å². The highest BCUT2D eigenvalue weighted by Gasteiger charge is 2.21. The molecule has 0 bridgehead atoms. The lowest BCUT2D eigenvalue weighted by molar-refractivity contribution is 0.0947. The lowest BCUT2D eigenvalue weighted by Gasteiger charge is -2.25. The molecule has 17 heavy (non-hydrogen) atoms. The van der Waals surface area contributed by atoms with Gasteiger partial charge in [0.15, 0.2) is 0 Å². The Labute approximate surface area is 111 Å². The Bertz CT molecular complexity index is 394. The summed E-state index contributed by atoms with van der Waals surface area (Å²) in [6.07, 6.45) is 4.48. The van der Waals surface area contributed by atoms with E-state index in [1.165, 1.54) is 24.2 Å². The fourth-order valence-corrected chi connectivity index (χ4v) is 3.37. The second-order valence-electron chi connectivity index (χ2n) is 4.61. The maximum Gasteiger partial charge on any atom is 0.263 e. The summed E-state index contributed by atoms with van der Waals surface area (Å²) in [4.78, 5) is 16.7. The van der Waals surface area contributed by atoms with Crippen molar-refractivity contribution in [1.29, 1.82) is 0 Å². The van der Waals surface area contributed by atoms with Crippen LogP contribution in [0.15, 0.2) is 5.51 Å². The van der Waals surface area contributed by atoms with Gasteiger partial charge in [-0.1, -0.05) is 6.42 Å². The standard InChI is InChI=1S/C12H17ClN2OS/c1-8-11(17-7-15-8)12(16)14-6-9-3-2-4-10(13)5-9/h7,9-10H,2-6H2,1H3,(H,14,16). The second kappa shape index (κ2) is 5.83. The maximum absolute atomic E-state index is 11.9. The molecule has 1 aliphatic rings. The topological polar surface area (TPSA) is 42.0 Å². The van der Waals surface area contributed by atoms with E-state index in [0.29, 0.717) is 5.92 Å². The lowest BCUT2D eigenvalue weighted by Crippen LogP contribution is -2.31. The number of nitrogens with one attached hydrogen (secondary N) is 1. The summed E-state index contributed by atoms with van der Waals surface area (Å²) in [5.41, 5.74) is 2.52. The van der Waals surface area contributed by atoms with Crippen molar-refractivity contribution in [3.63, 3.8) is 0 Å². The third kappa shape index (κ3) is 3.42. The van der Waals surface area contributed by atoms with Gasteiger partial charge in [0, 0.05) is 11.9 Å². The van der Waals surface area contributed by atoms with Crippen molar-refractivity contribution in [3.8, 4) is 0 Å². The van der Waals surface area contributed by atoms with Crippen molar-refractivity contribution in [2.45, 2.75) is 38.0 Å². The van der Waals surface area contributed by atoms with Crippen LogP contribution in [0.2, 0.25) is 0 Å². The van der Waals surface area contributed by atoms with Crippen molar-refractivity contribution in [2.24, 2.45) is 5.92 Å². The number of nitrogens with zero attached hydrogens (tertiary/aromatic N) is 1. The van der Waals surface area contributed by atoms with Gasteiger partial charge < -0.3 is 5.32 Å². The molecule has 1 aromatic heterocycles. The number of halogens is 1. The smallest absolute Gasteiger partial charge is 0.263 e. The van der Waals surface area contributed by atoms with E-state index in [1.54, 1.807) is 5.51 Å². The van der Waals surface area contributed by atoms with E-state index >= 15 is 0 Å². The van der Waals surface area contributed by atoms with E-state index in [4.69, 9.17) is 11.6 Å². The molecule has 1 aliphatic carbocycles. The van der Waals surface area contributed by atoms with Gasteiger partial charge in [-0.2, -0.15) is 0 Å². The molecule has 0 aromatic carbocycles. The van der Waals surface area contributed by atoms with Crippen LogP contribution >= 0.6 is 22.9 Å². The van der Waals surface area contributed by atoms with Gasteiger partial charge in [0.2, 0.25) is 0 Å². The SMILES string of the molecule is Cc1ncsc1C(=O)NCC1CCCC(Cl)C1. The van der Waals surface area contributed by atoms with E-state index < -0.39 is 0 Å². The minimum Gasteiger partial charge on any atom is -0.351 e. The lowest BCUT2D eigenvalue weighted by atomic mass is 9.89. The van der Waals surface area contributed by atoms with Crippen molar-refractivity contribution >= 4 is 28.8 Å². The molecule has 2 unspecified atom stereocenters. The number of hydrogen-bond donors (Lipinski definition) is 1. The Morgan fingerprint density at radius 2 is 2.47 bits per heavy atom. The fraction of sp³-hybridized carbons (Fsp3) is 0.667. The number of aryl methyl sites for hydroxylation is 1. The van der Waals surface area contributed by atoms with Crippen LogP contribution in [-0.2, 0) is 0 Å². The average Bonchev–Trinajstić information content (AvgIpc) is 2.72. The second-order valence-corrected chi connectivity index (χ2v) is 6.08. The third-order valence-corrected chi connectivity index (χ3v) is 4.55. The molecule has 2 rings (SSSR count). The van der Waals surface area contributed by atoms with E-state index in [-0.39, 0.29) is 11.3 Å². The van der Waals surface area contributed by atoms with E-state index in [2.05, 4.69) is 10.3 Å². The normalized spacial score (nSPS) is 24.6. The van der Waals surface area contributed by atoms with E-state index in [0.717, 1.165) is 30.0 Å². The molecular formula is C12H17ClN2OS. The molecule has 1 amide bonds. The fourth-order valence-electron chi connectivity index (χ4n) is 2.25. The highest BCUT2D eigenvalue weighted by Crippen LogP contribution is 2.27. The first kappa shape index (κ1) is 12.8. The molecule has 0 spiro atoms. The zero-order chi connectivity index (χ0) is 12.3. The summed E-state index contributed by atoms with van der Waals surface area (Å²) >= 11 is 7.53. The van der Waals surface area contributed by atoms with Gasteiger partial charge in [-0.25, -0.2) is 4.98 Å². The van der Waals surface area contributed by atoms with Gasteiger partial charge >= 0.3 is 0 Å². The van der Waals surface area contributed by atoms with Crippen LogP contribution in [0.1, 0.15) is 41.0 Å². The van der Waals surface area contributed by atoms with Gasteiger partial charge in [0.05, 0.1) is 11.2 Å².